The predicted molar refractivity (Wildman–Crippen MR) is 78.3 cm³/mol. The van der Waals surface area contributed by atoms with Crippen molar-refractivity contribution in [2.75, 3.05) is 0 Å². The topological polar surface area (TPSA) is 25.8 Å². The Morgan fingerprint density at radius 1 is 1.09 bits per heavy atom. The first kappa shape index (κ1) is 14.5. The average Bonchev–Trinajstić information content (AvgIpc) is 2.48. The third-order valence-electron chi connectivity index (χ3n) is 3.66. The second-order valence-corrected chi connectivity index (χ2v) is 5.13. The maximum Gasteiger partial charge on any atom is 0.416 e. The van der Waals surface area contributed by atoms with Crippen molar-refractivity contribution in [2.24, 2.45) is 0 Å². The minimum atomic E-state index is -4.37. The largest absolute Gasteiger partial charge is 0.416 e. The van der Waals surface area contributed by atoms with Gasteiger partial charge in [0.1, 0.15) is 0 Å². The maximum atomic E-state index is 12.7. The summed E-state index contributed by atoms with van der Waals surface area (Å²) in [4.78, 5) is 8.55. The van der Waals surface area contributed by atoms with Gasteiger partial charge in [0, 0.05) is 17.1 Å². The predicted octanol–water partition coefficient (Wildman–Crippen LogP) is 4.73. The first-order valence-corrected chi connectivity index (χ1v) is 6.68. The zero-order chi connectivity index (χ0) is 15.9. The first-order chi connectivity index (χ1) is 10.4. The van der Waals surface area contributed by atoms with Crippen LogP contribution in [0.5, 0.6) is 0 Å². The second kappa shape index (κ2) is 5.09. The summed E-state index contributed by atoms with van der Waals surface area (Å²) in [5.41, 5.74) is 2.64. The van der Waals surface area contributed by atoms with Gasteiger partial charge in [-0.15, -0.1) is 0 Å². The Hall–Kier alpha value is -2.43. The van der Waals surface area contributed by atoms with Crippen LogP contribution in [0.2, 0.25) is 0 Å². The van der Waals surface area contributed by atoms with Gasteiger partial charge in [-0.1, -0.05) is 12.1 Å². The molecule has 0 fully saturated rings. The van der Waals surface area contributed by atoms with E-state index in [0.29, 0.717) is 16.7 Å². The number of hydrogen-bond acceptors (Lipinski definition) is 2. The highest BCUT2D eigenvalue weighted by Gasteiger charge is 2.30. The summed E-state index contributed by atoms with van der Waals surface area (Å²) in [6.45, 7) is 3.92. The van der Waals surface area contributed by atoms with Crippen LogP contribution in [0, 0.1) is 19.9 Å². The number of nitrogens with zero attached hydrogens (tertiary/aromatic N) is 2. The van der Waals surface area contributed by atoms with Crippen LogP contribution in [0.1, 0.15) is 16.7 Å². The van der Waals surface area contributed by atoms with Gasteiger partial charge in [-0.05, 0) is 49.2 Å². The smallest absolute Gasteiger partial charge is 0.236 e. The fraction of sp³-hybridized carbons (Fsp3) is 0.176. The lowest BCUT2D eigenvalue weighted by Gasteiger charge is -2.09. The van der Waals surface area contributed by atoms with E-state index in [2.05, 4.69) is 16.0 Å². The molecule has 0 spiro atoms. The molecule has 0 bridgehead atoms. The monoisotopic (exact) mass is 301 g/mol. The number of rotatable bonds is 1. The fourth-order valence-electron chi connectivity index (χ4n) is 2.24. The minimum absolute atomic E-state index is 0.365. The molecule has 0 saturated heterocycles. The van der Waals surface area contributed by atoms with E-state index in [1.165, 1.54) is 12.3 Å². The highest BCUT2D eigenvalue weighted by molar-refractivity contribution is 5.80. The van der Waals surface area contributed by atoms with Crippen LogP contribution in [0.15, 0.2) is 36.5 Å². The molecule has 0 N–H and O–H groups in total. The summed E-state index contributed by atoms with van der Waals surface area (Å²) in [6, 6.07) is 10.3. The van der Waals surface area contributed by atoms with Crippen LogP contribution in [0.25, 0.3) is 22.3 Å². The number of fused-ring (bicyclic) bond motifs is 1. The molecule has 0 aliphatic rings. The van der Waals surface area contributed by atoms with E-state index in [1.54, 1.807) is 6.07 Å². The van der Waals surface area contributed by atoms with Gasteiger partial charge in [0.15, 0.2) is 5.82 Å². The van der Waals surface area contributed by atoms with E-state index in [0.717, 1.165) is 28.8 Å². The van der Waals surface area contributed by atoms with Crippen LogP contribution in [0.4, 0.5) is 13.2 Å². The Morgan fingerprint density at radius 2 is 1.86 bits per heavy atom. The van der Waals surface area contributed by atoms with E-state index in [4.69, 9.17) is 0 Å². The van der Waals surface area contributed by atoms with Crippen LogP contribution in [-0.2, 0) is 6.18 Å². The Balaban J connectivity index is 2.13. The molecule has 3 aromatic rings. The molecule has 2 aromatic carbocycles. The molecular weight excluding hydrogens is 289 g/mol. The van der Waals surface area contributed by atoms with Crippen molar-refractivity contribution < 1.29 is 13.2 Å². The van der Waals surface area contributed by atoms with Crippen molar-refractivity contribution in [3.8, 4) is 11.4 Å². The van der Waals surface area contributed by atoms with Crippen molar-refractivity contribution >= 4 is 10.9 Å². The molecule has 0 amide bonds. The highest BCUT2D eigenvalue weighted by atomic mass is 19.4. The zero-order valence-corrected chi connectivity index (χ0v) is 12.0. The van der Waals surface area contributed by atoms with Crippen molar-refractivity contribution in [2.45, 2.75) is 20.0 Å². The number of aryl methyl sites for hydroxylation is 1. The zero-order valence-electron chi connectivity index (χ0n) is 12.0. The lowest BCUT2D eigenvalue weighted by molar-refractivity contribution is -0.137. The molecule has 0 aliphatic carbocycles. The number of aromatic nitrogens is 2. The standard InChI is InChI=1S/C17H12F3N2/c1-10-4-3-5-14(11(10)2)16-21-9-12-8-13(17(18,19)20)6-7-15(12)22-16/h3-4,6-9H,1-2H3. The lowest BCUT2D eigenvalue weighted by atomic mass is 10.0. The fourth-order valence-corrected chi connectivity index (χ4v) is 2.24. The van der Waals surface area contributed by atoms with Gasteiger partial charge in [-0.3, -0.25) is 0 Å². The molecule has 1 aromatic heterocycles. The van der Waals surface area contributed by atoms with E-state index in [9.17, 15) is 13.2 Å². The molecule has 0 aliphatic heterocycles. The highest BCUT2D eigenvalue weighted by Crippen LogP contribution is 2.31. The van der Waals surface area contributed by atoms with Gasteiger partial charge < -0.3 is 0 Å². The summed E-state index contributed by atoms with van der Waals surface area (Å²) in [5, 5.41) is 0.365. The molecular formula is C17H12F3N2. The van der Waals surface area contributed by atoms with Crippen molar-refractivity contribution in [1.29, 1.82) is 0 Å². The number of hydrogen-bond donors (Lipinski definition) is 0. The molecule has 22 heavy (non-hydrogen) atoms. The molecule has 0 atom stereocenters. The van der Waals surface area contributed by atoms with Gasteiger partial charge in [0.25, 0.3) is 0 Å². The third kappa shape index (κ3) is 2.54. The number of halogens is 3. The van der Waals surface area contributed by atoms with Gasteiger partial charge in [0.2, 0.25) is 0 Å². The Morgan fingerprint density at radius 3 is 2.59 bits per heavy atom. The van der Waals surface area contributed by atoms with Crippen LogP contribution in [-0.4, -0.2) is 9.97 Å². The third-order valence-corrected chi connectivity index (χ3v) is 3.66. The van der Waals surface area contributed by atoms with Gasteiger partial charge >= 0.3 is 6.18 Å². The Bertz CT molecular complexity index is 854. The van der Waals surface area contributed by atoms with Crippen molar-refractivity contribution in [3.63, 3.8) is 0 Å². The lowest BCUT2D eigenvalue weighted by Crippen LogP contribution is -2.04. The van der Waals surface area contributed by atoms with Gasteiger partial charge in [-0.25, -0.2) is 9.97 Å². The van der Waals surface area contributed by atoms with Crippen LogP contribution in [0.3, 0.4) is 0 Å². The maximum absolute atomic E-state index is 12.7. The van der Waals surface area contributed by atoms with Gasteiger partial charge in [0.05, 0.1) is 11.1 Å². The molecule has 1 radical (unpaired) electrons. The van der Waals surface area contributed by atoms with E-state index in [-0.39, 0.29) is 0 Å². The Labute approximate surface area is 125 Å². The summed E-state index contributed by atoms with van der Waals surface area (Å²) in [5.74, 6) is 0.466. The first-order valence-electron chi connectivity index (χ1n) is 6.68. The number of alkyl halides is 3. The van der Waals surface area contributed by atoms with Crippen LogP contribution >= 0.6 is 0 Å². The molecule has 1 heterocycles. The van der Waals surface area contributed by atoms with Crippen LogP contribution < -0.4 is 0 Å². The summed E-state index contributed by atoms with van der Waals surface area (Å²) < 4.78 is 38.1. The molecule has 111 valence electrons. The SMILES string of the molecule is Cc1cc[c]c(-c2ncc3cc(C(F)(F)F)ccc3n2)c1C. The molecule has 5 heteroatoms. The summed E-state index contributed by atoms with van der Waals surface area (Å²) in [6.07, 6.45) is -2.95. The minimum Gasteiger partial charge on any atom is -0.236 e. The molecule has 0 saturated carbocycles. The molecule has 2 nitrogen and oxygen atoms in total. The van der Waals surface area contributed by atoms with E-state index >= 15 is 0 Å². The number of benzene rings is 2. The van der Waals surface area contributed by atoms with E-state index < -0.39 is 11.7 Å². The van der Waals surface area contributed by atoms with Crippen molar-refractivity contribution in [1.82, 2.24) is 9.97 Å². The quantitative estimate of drug-likeness (QED) is 0.649. The summed E-state index contributed by atoms with van der Waals surface area (Å²) in [7, 11) is 0. The normalized spacial score (nSPS) is 11.9. The van der Waals surface area contributed by atoms with Crippen molar-refractivity contribution in [3.05, 3.63) is 59.3 Å². The molecule has 3 rings (SSSR count). The van der Waals surface area contributed by atoms with E-state index in [1.807, 2.05) is 19.9 Å². The Kier molecular flexibility index (Phi) is 3.35. The summed E-state index contributed by atoms with van der Waals surface area (Å²) >= 11 is 0. The second-order valence-electron chi connectivity index (χ2n) is 5.13. The van der Waals surface area contributed by atoms with Gasteiger partial charge in [-0.2, -0.15) is 13.2 Å². The molecule has 0 unspecified atom stereocenters. The average molecular weight is 301 g/mol.